The van der Waals surface area contributed by atoms with Crippen molar-refractivity contribution in [2.75, 3.05) is 13.2 Å². The van der Waals surface area contributed by atoms with Crippen LogP contribution in [0.25, 0.3) is 0 Å². The van der Waals surface area contributed by atoms with Crippen LogP contribution >= 0.6 is 0 Å². The summed E-state index contributed by atoms with van der Waals surface area (Å²) < 4.78 is 12.0. The lowest BCUT2D eigenvalue weighted by molar-refractivity contribution is -0.130. The van der Waals surface area contributed by atoms with Gasteiger partial charge in [0.05, 0.1) is 12.7 Å². The molecular formula is C28H34N2O5. The Morgan fingerprint density at radius 2 is 1.86 bits per heavy atom. The lowest BCUT2D eigenvalue weighted by Gasteiger charge is -2.33. The smallest absolute Gasteiger partial charge is 0.252 e. The van der Waals surface area contributed by atoms with Gasteiger partial charge in [0.25, 0.3) is 5.91 Å². The molecule has 0 aromatic heterocycles. The molecule has 1 amide bonds. The zero-order valence-electron chi connectivity index (χ0n) is 19.9. The molecule has 1 heterocycles. The number of nitrogens with zero attached hydrogens (tertiary/aromatic N) is 1. The van der Waals surface area contributed by atoms with Crippen molar-refractivity contribution >= 4 is 11.8 Å². The van der Waals surface area contributed by atoms with Crippen LogP contribution in [0.15, 0.2) is 72.2 Å². The molecule has 0 unspecified atom stereocenters. The molecular weight excluding hydrogens is 444 g/mol. The van der Waals surface area contributed by atoms with Crippen molar-refractivity contribution in [2.45, 2.75) is 62.3 Å². The Balaban J connectivity index is 1.63. The summed E-state index contributed by atoms with van der Waals surface area (Å²) in [4.78, 5) is 18.7. The van der Waals surface area contributed by atoms with Gasteiger partial charge in [0.1, 0.15) is 5.75 Å². The molecule has 0 bridgehead atoms. The standard InChI is InChI=1S/C28H34N2O5/c1-2-17-28(27(33)29-22-11-13-23(32)14-12-22)25(20-7-4-3-5-8-20)35-26(30-28)21-9-15-24(16-10-21)34-19-6-18-31/h2-5,7-10,15-16,22-23,25,31-32H,1,6,11-14,17-19H2,(H,29,33)/t22?,23?,25-,28-/m1/s1. The van der Waals surface area contributed by atoms with E-state index in [1.807, 2.05) is 54.6 Å². The van der Waals surface area contributed by atoms with Gasteiger partial charge in [0.15, 0.2) is 11.6 Å². The highest BCUT2D eigenvalue weighted by molar-refractivity contribution is 6.01. The summed E-state index contributed by atoms with van der Waals surface area (Å²) in [5, 5.41) is 22.0. The Hall–Kier alpha value is -3.16. The first-order valence-electron chi connectivity index (χ1n) is 12.3. The van der Waals surface area contributed by atoms with E-state index in [1.165, 1.54) is 0 Å². The minimum atomic E-state index is -1.19. The summed E-state index contributed by atoms with van der Waals surface area (Å²) in [6, 6.07) is 17.1. The van der Waals surface area contributed by atoms with Gasteiger partial charge >= 0.3 is 0 Å². The molecule has 1 aliphatic heterocycles. The Labute approximate surface area is 206 Å². The van der Waals surface area contributed by atoms with Crippen molar-refractivity contribution in [1.82, 2.24) is 5.32 Å². The number of carbonyl (C=O) groups excluding carboxylic acids is 1. The first-order chi connectivity index (χ1) is 17.1. The highest BCUT2D eigenvalue weighted by atomic mass is 16.5. The number of carbonyl (C=O) groups is 1. The van der Waals surface area contributed by atoms with Crippen molar-refractivity contribution in [3.8, 4) is 5.75 Å². The average Bonchev–Trinajstić information content (AvgIpc) is 3.27. The number of aliphatic hydroxyl groups excluding tert-OH is 2. The van der Waals surface area contributed by atoms with Gasteiger partial charge < -0.3 is 25.0 Å². The molecule has 2 aliphatic rings. The molecule has 7 heteroatoms. The van der Waals surface area contributed by atoms with Crippen LogP contribution in [0.2, 0.25) is 0 Å². The number of aliphatic imine (C=N–C) groups is 1. The van der Waals surface area contributed by atoms with Gasteiger partial charge in [-0.2, -0.15) is 0 Å². The largest absolute Gasteiger partial charge is 0.494 e. The van der Waals surface area contributed by atoms with Crippen LogP contribution in [0.3, 0.4) is 0 Å². The van der Waals surface area contributed by atoms with E-state index in [0.717, 1.165) is 24.0 Å². The van der Waals surface area contributed by atoms with E-state index in [2.05, 4.69) is 11.9 Å². The third kappa shape index (κ3) is 5.74. The summed E-state index contributed by atoms with van der Waals surface area (Å²) in [5.74, 6) is 0.901. The first kappa shape index (κ1) is 24.9. The predicted molar refractivity (Wildman–Crippen MR) is 134 cm³/mol. The molecule has 3 N–H and O–H groups in total. The summed E-state index contributed by atoms with van der Waals surface area (Å²) in [6.07, 6.45) is 4.54. The maximum absolute atomic E-state index is 13.8. The molecule has 0 saturated heterocycles. The fourth-order valence-electron chi connectivity index (χ4n) is 4.69. The highest BCUT2D eigenvalue weighted by Gasteiger charge is 2.52. The molecule has 1 saturated carbocycles. The zero-order chi connectivity index (χ0) is 24.7. The molecule has 1 fully saturated rings. The zero-order valence-corrected chi connectivity index (χ0v) is 19.9. The molecule has 35 heavy (non-hydrogen) atoms. The Morgan fingerprint density at radius 3 is 2.51 bits per heavy atom. The van der Waals surface area contributed by atoms with Gasteiger partial charge in [0, 0.05) is 31.1 Å². The molecule has 2 aromatic carbocycles. The summed E-state index contributed by atoms with van der Waals surface area (Å²) >= 11 is 0. The molecule has 4 rings (SSSR count). The van der Waals surface area contributed by atoms with Gasteiger partial charge in [-0.25, -0.2) is 4.99 Å². The van der Waals surface area contributed by atoms with Crippen molar-refractivity contribution in [3.63, 3.8) is 0 Å². The van der Waals surface area contributed by atoms with Crippen LogP contribution in [0.4, 0.5) is 0 Å². The monoisotopic (exact) mass is 478 g/mol. The number of aliphatic hydroxyl groups is 2. The van der Waals surface area contributed by atoms with E-state index < -0.39 is 11.6 Å². The SMILES string of the molecule is C=CC[C@@]1(C(=O)NC2CCC(O)CC2)N=C(c2ccc(OCCCO)cc2)O[C@@H]1c1ccccc1. The minimum Gasteiger partial charge on any atom is -0.494 e. The van der Waals surface area contributed by atoms with Crippen molar-refractivity contribution in [1.29, 1.82) is 0 Å². The van der Waals surface area contributed by atoms with E-state index in [0.29, 0.717) is 43.9 Å². The van der Waals surface area contributed by atoms with Crippen LogP contribution in [0, 0.1) is 0 Å². The van der Waals surface area contributed by atoms with Crippen LogP contribution in [-0.2, 0) is 9.53 Å². The fourth-order valence-corrected chi connectivity index (χ4v) is 4.69. The molecule has 2 atom stereocenters. The summed E-state index contributed by atoms with van der Waals surface area (Å²) in [5.41, 5.74) is 0.427. The van der Waals surface area contributed by atoms with Crippen molar-refractivity contribution < 1.29 is 24.5 Å². The number of hydrogen-bond donors (Lipinski definition) is 3. The van der Waals surface area contributed by atoms with Crippen molar-refractivity contribution in [2.24, 2.45) is 4.99 Å². The summed E-state index contributed by atoms with van der Waals surface area (Å²) in [6.45, 7) is 4.43. The topological polar surface area (TPSA) is 100 Å². The predicted octanol–water partition coefficient (Wildman–Crippen LogP) is 3.70. The maximum atomic E-state index is 13.8. The molecule has 2 aromatic rings. The van der Waals surface area contributed by atoms with Gasteiger partial charge in [-0.3, -0.25) is 4.79 Å². The molecule has 0 radical (unpaired) electrons. The van der Waals surface area contributed by atoms with Gasteiger partial charge in [-0.05, 0) is 55.5 Å². The highest BCUT2D eigenvalue weighted by Crippen LogP contribution is 2.43. The van der Waals surface area contributed by atoms with Gasteiger partial charge in [0.2, 0.25) is 5.90 Å². The fraction of sp³-hybridized carbons (Fsp3) is 0.429. The van der Waals surface area contributed by atoms with Gasteiger partial charge in [-0.1, -0.05) is 36.4 Å². The van der Waals surface area contributed by atoms with E-state index >= 15 is 0 Å². The average molecular weight is 479 g/mol. The normalized spacial score (nSPS) is 25.9. The van der Waals surface area contributed by atoms with Crippen molar-refractivity contribution in [3.05, 3.63) is 78.4 Å². The molecule has 186 valence electrons. The lowest BCUT2D eigenvalue weighted by atomic mass is 9.83. The molecule has 0 spiro atoms. The van der Waals surface area contributed by atoms with E-state index in [9.17, 15) is 9.90 Å². The number of benzene rings is 2. The number of rotatable bonds is 10. The number of nitrogens with one attached hydrogen (secondary N) is 1. The first-order valence-corrected chi connectivity index (χ1v) is 12.3. The quantitative estimate of drug-likeness (QED) is 0.357. The number of amides is 1. The second-order valence-corrected chi connectivity index (χ2v) is 9.17. The van der Waals surface area contributed by atoms with Crippen LogP contribution in [-0.4, -0.2) is 52.9 Å². The van der Waals surface area contributed by atoms with E-state index in [4.69, 9.17) is 19.6 Å². The Bertz CT molecular complexity index is 1020. The third-order valence-corrected chi connectivity index (χ3v) is 6.62. The van der Waals surface area contributed by atoms with Gasteiger partial charge in [-0.15, -0.1) is 6.58 Å². The summed E-state index contributed by atoms with van der Waals surface area (Å²) in [7, 11) is 0. The lowest BCUT2D eigenvalue weighted by Crippen LogP contribution is -2.52. The second kappa shape index (κ2) is 11.5. The molecule has 1 aliphatic carbocycles. The number of ether oxygens (including phenoxy) is 2. The third-order valence-electron chi connectivity index (χ3n) is 6.62. The van der Waals surface area contributed by atoms with Crippen LogP contribution in [0.5, 0.6) is 5.75 Å². The Morgan fingerprint density at radius 1 is 1.14 bits per heavy atom. The van der Waals surface area contributed by atoms with E-state index in [1.54, 1.807) is 6.08 Å². The maximum Gasteiger partial charge on any atom is 0.252 e. The molecule has 7 nitrogen and oxygen atoms in total. The Kier molecular flexibility index (Phi) is 8.21. The van der Waals surface area contributed by atoms with E-state index in [-0.39, 0.29) is 24.7 Å². The van der Waals surface area contributed by atoms with Crippen LogP contribution in [0.1, 0.15) is 55.8 Å². The minimum absolute atomic E-state index is 0.00128. The van der Waals surface area contributed by atoms with Crippen LogP contribution < -0.4 is 10.1 Å². The number of hydrogen-bond acceptors (Lipinski definition) is 6. The second-order valence-electron chi connectivity index (χ2n) is 9.17.